The van der Waals surface area contributed by atoms with Crippen LogP contribution in [-0.2, 0) is 19.1 Å². The fraction of sp³-hybridized carbons (Fsp3) is 0.812. The van der Waals surface area contributed by atoms with Crippen LogP contribution in [-0.4, -0.2) is 35.5 Å². The zero-order chi connectivity index (χ0) is 18.0. The summed E-state index contributed by atoms with van der Waals surface area (Å²) in [6.45, 7) is 8.80. The minimum absolute atomic E-state index is 0.178. The van der Waals surface area contributed by atoms with E-state index in [0.29, 0.717) is 12.3 Å². The summed E-state index contributed by atoms with van der Waals surface area (Å²) in [5, 5.41) is 11.5. The summed E-state index contributed by atoms with van der Waals surface area (Å²) >= 11 is 0. The molecule has 0 rings (SSSR count). The van der Waals surface area contributed by atoms with Gasteiger partial charge in [0.2, 0.25) is 0 Å². The van der Waals surface area contributed by atoms with E-state index in [-0.39, 0.29) is 12.3 Å². The van der Waals surface area contributed by atoms with Crippen LogP contribution in [0.2, 0.25) is 0 Å². The van der Waals surface area contributed by atoms with E-state index in [2.05, 4.69) is 12.2 Å². The predicted molar refractivity (Wildman–Crippen MR) is 84.7 cm³/mol. The number of aliphatic carboxylic acids is 1. The van der Waals surface area contributed by atoms with E-state index in [1.165, 1.54) is 6.92 Å². The Morgan fingerprint density at radius 1 is 1.13 bits per heavy atom. The van der Waals surface area contributed by atoms with Gasteiger partial charge in [-0.05, 0) is 12.3 Å². The number of hydrogen-bond acceptors (Lipinski definition) is 5. The number of rotatable bonds is 10. The molecule has 0 saturated heterocycles. The topological polar surface area (TPSA) is 102 Å². The van der Waals surface area contributed by atoms with Gasteiger partial charge in [-0.15, -0.1) is 0 Å². The third-order valence-electron chi connectivity index (χ3n) is 3.26. The summed E-state index contributed by atoms with van der Waals surface area (Å²) in [6.07, 6.45) is 0.548. The maximum absolute atomic E-state index is 12.0. The number of carbonyl (C=O) groups excluding carboxylic acids is 2. The molecule has 0 heterocycles. The van der Waals surface area contributed by atoms with Crippen molar-refractivity contribution >= 4 is 18.0 Å². The summed E-state index contributed by atoms with van der Waals surface area (Å²) in [6, 6.07) is -0.522. The predicted octanol–water partition coefficient (Wildman–Crippen LogP) is 2.93. The van der Waals surface area contributed by atoms with Gasteiger partial charge in [0.1, 0.15) is 0 Å². The first kappa shape index (κ1) is 21.2. The Hall–Kier alpha value is -1.79. The highest BCUT2D eigenvalue weighted by atomic mass is 16.7. The highest BCUT2D eigenvalue weighted by Crippen LogP contribution is 2.15. The van der Waals surface area contributed by atoms with Crippen LogP contribution >= 0.6 is 0 Å². The van der Waals surface area contributed by atoms with Gasteiger partial charge in [0.25, 0.3) is 6.29 Å². The van der Waals surface area contributed by atoms with Crippen LogP contribution in [0.3, 0.4) is 0 Å². The number of alkyl carbamates (subject to hydrolysis) is 1. The molecule has 0 aliphatic heterocycles. The van der Waals surface area contributed by atoms with Crippen LogP contribution in [0.25, 0.3) is 0 Å². The van der Waals surface area contributed by atoms with E-state index in [4.69, 9.17) is 14.6 Å². The SMILES string of the molecule is CCCC(C)CC(CC(=O)O)NC(=O)O[C@H](OC(C)=O)C(C)C. The van der Waals surface area contributed by atoms with Crippen molar-refractivity contribution in [2.75, 3.05) is 0 Å². The van der Waals surface area contributed by atoms with E-state index >= 15 is 0 Å². The molecule has 0 fully saturated rings. The average molecular weight is 331 g/mol. The zero-order valence-electron chi connectivity index (χ0n) is 14.6. The molecule has 7 heteroatoms. The van der Waals surface area contributed by atoms with Gasteiger partial charge in [0.05, 0.1) is 6.42 Å². The second-order valence-corrected chi connectivity index (χ2v) is 6.20. The second kappa shape index (κ2) is 10.9. The van der Waals surface area contributed by atoms with Crippen LogP contribution in [0.15, 0.2) is 0 Å². The van der Waals surface area contributed by atoms with E-state index in [1.54, 1.807) is 13.8 Å². The van der Waals surface area contributed by atoms with Crippen LogP contribution in [0.1, 0.15) is 60.3 Å². The Bertz CT molecular complexity index is 396. The lowest BCUT2D eigenvalue weighted by Crippen LogP contribution is -2.41. The Balaban J connectivity index is 4.66. The van der Waals surface area contributed by atoms with Gasteiger partial charge in [-0.25, -0.2) is 4.79 Å². The number of carboxylic acid groups (broad SMARTS) is 1. The van der Waals surface area contributed by atoms with Crippen molar-refractivity contribution in [3.05, 3.63) is 0 Å². The third kappa shape index (κ3) is 10.5. The van der Waals surface area contributed by atoms with E-state index < -0.39 is 30.4 Å². The Labute approximate surface area is 137 Å². The number of esters is 1. The summed E-state index contributed by atoms with van der Waals surface area (Å²) < 4.78 is 10.0. The molecule has 0 aliphatic rings. The van der Waals surface area contributed by atoms with E-state index in [1.807, 2.05) is 6.92 Å². The van der Waals surface area contributed by atoms with Crippen molar-refractivity contribution in [2.45, 2.75) is 72.6 Å². The average Bonchev–Trinajstić information content (AvgIpc) is 2.36. The van der Waals surface area contributed by atoms with Gasteiger partial charge in [-0.2, -0.15) is 0 Å². The molecule has 23 heavy (non-hydrogen) atoms. The molecule has 0 aromatic carbocycles. The highest BCUT2D eigenvalue weighted by Gasteiger charge is 2.24. The van der Waals surface area contributed by atoms with Crippen molar-refractivity contribution in [1.29, 1.82) is 0 Å². The molecule has 134 valence electrons. The first-order valence-corrected chi connectivity index (χ1v) is 8.01. The molecule has 2 unspecified atom stereocenters. The van der Waals surface area contributed by atoms with Crippen molar-refractivity contribution in [3.63, 3.8) is 0 Å². The van der Waals surface area contributed by atoms with Crippen LogP contribution in [0.4, 0.5) is 4.79 Å². The smallest absolute Gasteiger partial charge is 0.410 e. The van der Waals surface area contributed by atoms with Gasteiger partial charge in [-0.3, -0.25) is 9.59 Å². The second-order valence-electron chi connectivity index (χ2n) is 6.20. The molecule has 1 amide bonds. The minimum Gasteiger partial charge on any atom is -0.481 e. The standard InChI is InChI=1S/C16H29NO6/c1-6-7-11(4)8-13(9-14(19)20)17-16(21)23-15(10(2)3)22-12(5)18/h10-11,13,15H,6-9H2,1-5H3,(H,17,21)(H,19,20)/t11?,13?,15-/m0/s1. The van der Waals surface area contributed by atoms with Gasteiger partial charge in [0.15, 0.2) is 0 Å². The highest BCUT2D eigenvalue weighted by molar-refractivity contribution is 5.71. The summed E-state index contributed by atoms with van der Waals surface area (Å²) in [4.78, 5) is 33.9. The fourth-order valence-corrected chi connectivity index (χ4v) is 2.27. The van der Waals surface area contributed by atoms with Crippen molar-refractivity contribution in [2.24, 2.45) is 11.8 Å². The number of carboxylic acids is 1. The molecule has 0 aromatic heterocycles. The molecule has 0 spiro atoms. The molecule has 0 radical (unpaired) electrons. The number of ether oxygens (including phenoxy) is 2. The largest absolute Gasteiger partial charge is 0.481 e. The van der Waals surface area contributed by atoms with Crippen molar-refractivity contribution < 1.29 is 29.0 Å². The molecule has 0 aromatic rings. The van der Waals surface area contributed by atoms with Gasteiger partial charge in [-0.1, -0.05) is 40.5 Å². The normalized spacial score (nSPS) is 14.7. The maximum atomic E-state index is 12.0. The third-order valence-corrected chi connectivity index (χ3v) is 3.26. The quantitative estimate of drug-likeness (QED) is 0.471. The minimum atomic E-state index is -0.994. The molecule has 3 atom stereocenters. The maximum Gasteiger partial charge on any atom is 0.410 e. The summed E-state index contributed by atoms with van der Waals surface area (Å²) in [5.74, 6) is -1.45. The molecule has 0 aliphatic carbocycles. The van der Waals surface area contributed by atoms with Crippen LogP contribution < -0.4 is 5.32 Å². The van der Waals surface area contributed by atoms with Crippen molar-refractivity contribution in [3.8, 4) is 0 Å². The fourth-order valence-electron chi connectivity index (χ4n) is 2.27. The number of hydrogen-bond donors (Lipinski definition) is 2. The zero-order valence-corrected chi connectivity index (χ0v) is 14.6. The molecule has 0 bridgehead atoms. The van der Waals surface area contributed by atoms with Crippen molar-refractivity contribution in [1.82, 2.24) is 5.32 Å². The lowest BCUT2D eigenvalue weighted by atomic mass is 9.95. The Kier molecular flexibility index (Phi) is 10.0. The monoisotopic (exact) mass is 331 g/mol. The number of amides is 1. The van der Waals surface area contributed by atoms with E-state index in [0.717, 1.165) is 12.8 Å². The first-order valence-electron chi connectivity index (χ1n) is 8.01. The van der Waals surface area contributed by atoms with E-state index in [9.17, 15) is 14.4 Å². The number of nitrogens with one attached hydrogen (secondary N) is 1. The molecular formula is C16H29NO6. The lowest BCUT2D eigenvalue weighted by molar-refractivity contribution is -0.172. The molecular weight excluding hydrogens is 302 g/mol. The number of carbonyl (C=O) groups is 3. The molecule has 7 nitrogen and oxygen atoms in total. The van der Waals surface area contributed by atoms with Gasteiger partial charge in [0, 0.05) is 18.9 Å². The summed E-state index contributed by atoms with van der Waals surface area (Å²) in [7, 11) is 0. The lowest BCUT2D eigenvalue weighted by Gasteiger charge is -2.24. The Morgan fingerprint density at radius 2 is 1.74 bits per heavy atom. The van der Waals surface area contributed by atoms with Crippen LogP contribution in [0, 0.1) is 11.8 Å². The molecule has 2 N–H and O–H groups in total. The molecule has 0 saturated carbocycles. The first-order chi connectivity index (χ1) is 10.6. The summed E-state index contributed by atoms with van der Waals surface area (Å²) in [5.41, 5.74) is 0. The van der Waals surface area contributed by atoms with Gasteiger partial charge < -0.3 is 19.9 Å². The van der Waals surface area contributed by atoms with Gasteiger partial charge >= 0.3 is 18.0 Å². The Morgan fingerprint density at radius 3 is 2.17 bits per heavy atom. The van der Waals surface area contributed by atoms with Crippen LogP contribution in [0.5, 0.6) is 0 Å².